The SMILES string of the molecule is Cc1cc(OC[C@@H]2CN(C)c3ccccc3O2)ccc1C(=O)Nc1ccc(F)c(C(C)(C)C(=O)O)c1. The number of rotatable bonds is 7. The second kappa shape index (κ2) is 9.89. The van der Waals surface area contributed by atoms with Crippen molar-refractivity contribution in [1.82, 2.24) is 0 Å². The molecule has 8 heteroatoms. The zero-order chi connectivity index (χ0) is 26.0. The van der Waals surface area contributed by atoms with Crippen LogP contribution in [0.4, 0.5) is 15.8 Å². The van der Waals surface area contributed by atoms with Gasteiger partial charge in [-0.25, -0.2) is 4.39 Å². The molecule has 0 unspecified atom stereocenters. The van der Waals surface area contributed by atoms with Gasteiger partial charge in [0, 0.05) is 23.9 Å². The van der Waals surface area contributed by atoms with Crippen LogP contribution < -0.4 is 19.7 Å². The standard InChI is InChI=1S/C28H29FN2O5/c1-17-13-19(35-16-20-15-31(4)24-7-5-6-8-25(24)36-20)10-11-21(17)26(32)30-18-9-12-23(29)22(14-18)28(2,3)27(33)34/h5-14,20H,15-16H2,1-4H3,(H,30,32)(H,33,34)/t20-/m0/s1. The number of aryl methyl sites for hydroxylation is 1. The van der Waals surface area contributed by atoms with Crippen LogP contribution in [-0.2, 0) is 10.2 Å². The average Bonchev–Trinajstić information content (AvgIpc) is 2.83. The number of aliphatic carboxylic acids is 1. The molecule has 7 nitrogen and oxygen atoms in total. The van der Waals surface area contributed by atoms with E-state index in [2.05, 4.69) is 10.2 Å². The highest BCUT2D eigenvalue weighted by Gasteiger charge is 2.32. The number of benzene rings is 3. The van der Waals surface area contributed by atoms with Crippen LogP contribution in [0.5, 0.6) is 11.5 Å². The van der Waals surface area contributed by atoms with Gasteiger partial charge in [-0.1, -0.05) is 12.1 Å². The van der Waals surface area contributed by atoms with E-state index in [9.17, 15) is 19.1 Å². The van der Waals surface area contributed by atoms with Gasteiger partial charge in [-0.2, -0.15) is 0 Å². The molecule has 1 heterocycles. The molecule has 0 aliphatic carbocycles. The Bertz CT molecular complexity index is 1310. The third kappa shape index (κ3) is 5.12. The lowest BCUT2D eigenvalue weighted by Gasteiger charge is -2.33. The summed E-state index contributed by atoms with van der Waals surface area (Å²) in [7, 11) is 2.01. The topological polar surface area (TPSA) is 88.1 Å². The number of hydrogen-bond acceptors (Lipinski definition) is 5. The molecular formula is C28H29FN2O5. The van der Waals surface area contributed by atoms with Gasteiger partial charge in [0.25, 0.3) is 5.91 Å². The number of para-hydroxylation sites is 2. The molecule has 0 fully saturated rings. The summed E-state index contributed by atoms with van der Waals surface area (Å²) in [6, 6.07) is 16.9. The molecule has 0 saturated carbocycles. The monoisotopic (exact) mass is 492 g/mol. The highest BCUT2D eigenvalue weighted by atomic mass is 19.1. The normalized spacial score (nSPS) is 15.0. The summed E-state index contributed by atoms with van der Waals surface area (Å²) >= 11 is 0. The fourth-order valence-corrected chi connectivity index (χ4v) is 4.15. The first-order valence-corrected chi connectivity index (χ1v) is 11.6. The Labute approximate surface area is 209 Å². The number of carbonyl (C=O) groups is 2. The lowest BCUT2D eigenvalue weighted by molar-refractivity contribution is -0.142. The number of carboxylic acids is 1. The fourth-order valence-electron chi connectivity index (χ4n) is 4.15. The van der Waals surface area contributed by atoms with Crippen LogP contribution in [0.3, 0.4) is 0 Å². The summed E-state index contributed by atoms with van der Waals surface area (Å²) in [6.45, 7) is 5.66. The minimum absolute atomic E-state index is 0.00790. The Hall–Kier alpha value is -4.07. The van der Waals surface area contributed by atoms with Gasteiger partial charge in [0.05, 0.1) is 17.6 Å². The maximum absolute atomic E-state index is 14.3. The van der Waals surface area contributed by atoms with Crippen LogP contribution in [0, 0.1) is 12.7 Å². The first kappa shape index (κ1) is 25.0. The Morgan fingerprint density at radius 3 is 2.64 bits per heavy atom. The van der Waals surface area contributed by atoms with E-state index in [0.717, 1.165) is 17.5 Å². The van der Waals surface area contributed by atoms with Gasteiger partial charge in [0.2, 0.25) is 0 Å². The number of ether oxygens (including phenoxy) is 2. The molecule has 3 aromatic carbocycles. The summed E-state index contributed by atoms with van der Waals surface area (Å²) in [5.74, 6) is -0.765. The van der Waals surface area contributed by atoms with E-state index in [-0.39, 0.29) is 11.7 Å². The van der Waals surface area contributed by atoms with Crippen LogP contribution in [0.2, 0.25) is 0 Å². The van der Waals surface area contributed by atoms with Crippen LogP contribution in [0.25, 0.3) is 0 Å². The maximum Gasteiger partial charge on any atom is 0.313 e. The predicted molar refractivity (Wildman–Crippen MR) is 136 cm³/mol. The molecule has 188 valence electrons. The summed E-state index contributed by atoms with van der Waals surface area (Å²) in [6.07, 6.45) is -0.143. The zero-order valence-corrected chi connectivity index (χ0v) is 20.7. The van der Waals surface area contributed by atoms with E-state index in [1.807, 2.05) is 31.3 Å². The number of halogens is 1. The zero-order valence-electron chi connectivity index (χ0n) is 20.7. The van der Waals surface area contributed by atoms with Gasteiger partial charge < -0.3 is 24.8 Å². The number of nitrogens with zero attached hydrogens (tertiary/aromatic N) is 1. The third-order valence-electron chi connectivity index (χ3n) is 6.36. The van der Waals surface area contributed by atoms with Crippen molar-refractivity contribution in [2.24, 2.45) is 0 Å². The Balaban J connectivity index is 1.42. The minimum Gasteiger partial charge on any atom is -0.490 e. The molecule has 0 aromatic heterocycles. The van der Waals surface area contributed by atoms with Crippen molar-refractivity contribution in [3.63, 3.8) is 0 Å². The van der Waals surface area contributed by atoms with Crippen molar-refractivity contribution in [2.75, 3.05) is 30.4 Å². The highest BCUT2D eigenvalue weighted by Crippen LogP contribution is 2.32. The third-order valence-corrected chi connectivity index (χ3v) is 6.36. The number of carbonyl (C=O) groups excluding carboxylic acids is 1. The van der Waals surface area contributed by atoms with Gasteiger partial charge in [-0.15, -0.1) is 0 Å². The lowest BCUT2D eigenvalue weighted by atomic mass is 9.84. The summed E-state index contributed by atoms with van der Waals surface area (Å²) < 4.78 is 26.3. The van der Waals surface area contributed by atoms with E-state index >= 15 is 0 Å². The lowest BCUT2D eigenvalue weighted by Crippen LogP contribution is -2.41. The first-order chi connectivity index (χ1) is 17.1. The van der Waals surface area contributed by atoms with Crippen molar-refractivity contribution < 1.29 is 28.6 Å². The minimum atomic E-state index is -1.45. The largest absolute Gasteiger partial charge is 0.490 e. The van der Waals surface area contributed by atoms with Crippen LogP contribution in [0.1, 0.15) is 35.3 Å². The molecule has 1 atom stereocenters. The molecule has 4 rings (SSSR count). The Morgan fingerprint density at radius 1 is 1.17 bits per heavy atom. The molecule has 1 aliphatic rings. The molecule has 0 spiro atoms. The van der Waals surface area contributed by atoms with Gasteiger partial charge in [0.1, 0.15) is 30.0 Å². The van der Waals surface area contributed by atoms with Crippen molar-refractivity contribution >= 4 is 23.3 Å². The van der Waals surface area contributed by atoms with E-state index in [0.29, 0.717) is 35.7 Å². The van der Waals surface area contributed by atoms with Crippen LogP contribution >= 0.6 is 0 Å². The molecular weight excluding hydrogens is 463 g/mol. The van der Waals surface area contributed by atoms with Crippen molar-refractivity contribution in [3.8, 4) is 11.5 Å². The highest BCUT2D eigenvalue weighted by molar-refractivity contribution is 6.05. The molecule has 36 heavy (non-hydrogen) atoms. The number of carboxylic acid groups (broad SMARTS) is 1. The molecule has 0 saturated heterocycles. The average molecular weight is 493 g/mol. The molecule has 0 bridgehead atoms. The van der Waals surface area contributed by atoms with Crippen molar-refractivity contribution in [2.45, 2.75) is 32.3 Å². The molecule has 2 N–H and O–H groups in total. The van der Waals surface area contributed by atoms with E-state index in [4.69, 9.17) is 9.47 Å². The van der Waals surface area contributed by atoms with Gasteiger partial charge in [-0.3, -0.25) is 9.59 Å². The second-order valence-electron chi connectivity index (χ2n) is 9.45. The molecule has 0 radical (unpaired) electrons. The Morgan fingerprint density at radius 2 is 1.92 bits per heavy atom. The van der Waals surface area contributed by atoms with E-state index in [1.165, 1.54) is 26.0 Å². The van der Waals surface area contributed by atoms with Crippen molar-refractivity contribution in [1.29, 1.82) is 0 Å². The number of anilines is 2. The predicted octanol–water partition coefficient (Wildman–Crippen LogP) is 5.02. The van der Waals surface area contributed by atoms with Crippen LogP contribution in [-0.4, -0.2) is 43.3 Å². The first-order valence-electron chi connectivity index (χ1n) is 11.6. The summed E-state index contributed by atoms with van der Waals surface area (Å²) in [5, 5.41) is 12.2. The number of likely N-dealkylation sites (N-methyl/N-ethyl adjacent to an activating group) is 1. The summed E-state index contributed by atoms with van der Waals surface area (Å²) in [4.78, 5) is 26.6. The number of hydrogen-bond donors (Lipinski definition) is 2. The molecule has 1 aliphatic heterocycles. The maximum atomic E-state index is 14.3. The number of fused-ring (bicyclic) bond motifs is 1. The smallest absolute Gasteiger partial charge is 0.313 e. The number of amides is 1. The van der Waals surface area contributed by atoms with Crippen molar-refractivity contribution in [3.05, 3.63) is 83.2 Å². The summed E-state index contributed by atoms with van der Waals surface area (Å²) in [5.41, 5.74) is 1.02. The molecule has 3 aromatic rings. The second-order valence-corrected chi connectivity index (χ2v) is 9.45. The van der Waals surface area contributed by atoms with E-state index < -0.39 is 23.1 Å². The Kier molecular flexibility index (Phi) is 6.88. The van der Waals surface area contributed by atoms with Gasteiger partial charge in [-0.05, 0) is 74.9 Å². The molecule has 1 amide bonds. The van der Waals surface area contributed by atoms with Gasteiger partial charge >= 0.3 is 5.97 Å². The van der Waals surface area contributed by atoms with Crippen LogP contribution in [0.15, 0.2) is 60.7 Å². The number of nitrogens with one attached hydrogen (secondary N) is 1. The van der Waals surface area contributed by atoms with Gasteiger partial charge in [0.15, 0.2) is 0 Å². The fraction of sp³-hybridized carbons (Fsp3) is 0.286. The quantitative estimate of drug-likeness (QED) is 0.481. The van der Waals surface area contributed by atoms with E-state index in [1.54, 1.807) is 25.1 Å².